The summed E-state index contributed by atoms with van der Waals surface area (Å²) in [6.07, 6.45) is 10.0. The van der Waals surface area contributed by atoms with Crippen LogP contribution in [0.25, 0.3) is 0 Å². The molecule has 0 aliphatic heterocycles. The molecular weight excluding hydrogens is 249 g/mol. The van der Waals surface area contributed by atoms with Crippen molar-refractivity contribution >= 4 is 44.5 Å². The predicted molar refractivity (Wildman–Crippen MR) is 60.8 cm³/mol. The van der Waals surface area contributed by atoms with Crippen molar-refractivity contribution in [1.82, 2.24) is 0 Å². The summed E-state index contributed by atoms with van der Waals surface area (Å²) in [5, 5.41) is 0. The fourth-order valence-electron chi connectivity index (χ4n) is 0.340. The second-order valence-corrected chi connectivity index (χ2v) is 1.58. The zero-order chi connectivity index (χ0) is 6.24. The zero-order valence-electron chi connectivity index (χ0n) is 7.24. The summed E-state index contributed by atoms with van der Waals surface area (Å²) in [5.41, 5.74) is 0. The topological polar surface area (TPSA) is 0 Å². The fourth-order valence-corrected chi connectivity index (χ4v) is 0.340. The molecule has 0 spiro atoms. The Morgan fingerprint density at radius 3 is 1.67 bits per heavy atom. The normalized spacial score (nSPS) is 8.50. The largest absolute Gasteiger partial charge is 0.273 e. The van der Waals surface area contributed by atoms with E-state index in [1.165, 1.54) is 0 Å². The third-order valence-corrected chi connectivity index (χ3v) is 0.586. The Labute approximate surface area is 110 Å². The molecule has 12 heavy (non-hydrogen) atoms. The predicted octanol–water partition coefficient (Wildman–Crippen LogP) is 3.36. The molecule has 0 fully saturated rings. The van der Waals surface area contributed by atoms with E-state index in [9.17, 15) is 0 Å². The number of hydrogen-bond acceptors (Lipinski definition) is 0. The van der Waals surface area contributed by atoms with E-state index in [2.05, 4.69) is 12.2 Å². The summed E-state index contributed by atoms with van der Waals surface area (Å²) in [6, 6.07) is 0. The van der Waals surface area contributed by atoms with E-state index in [1.54, 1.807) is 0 Å². The van der Waals surface area contributed by atoms with Crippen molar-refractivity contribution in [1.29, 1.82) is 0 Å². The van der Waals surface area contributed by atoms with Crippen molar-refractivity contribution in [3.63, 3.8) is 0 Å². The second kappa shape index (κ2) is 29.6. The Hall–Kier alpha value is 1.13. The molecule has 5 heteroatoms. The quantitative estimate of drug-likeness (QED) is 0.464. The van der Waals surface area contributed by atoms with Gasteiger partial charge in [0.05, 0.1) is 0 Å². The van der Waals surface area contributed by atoms with E-state index >= 15 is 0 Å². The Kier molecular flexibility index (Phi) is 72.0. The van der Waals surface area contributed by atoms with Crippen LogP contribution >= 0.6 is 37.2 Å². The van der Waals surface area contributed by atoms with Gasteiger partial charge in [-0.25, -0.2) is 12.2 Å². The van der Waals surface area contributed by atoms with E-state index in [1.807, 2.05) is 33.1 Å². The molecule has 1 aliphatic carbocycles. The molecule has 0 aromatic carbocycles. The SMILES string of the molecule is C[B]C.Cl.Cl.Cl.[C-]1=CC=CC1.[Ti]. The summed E-state index contributed by atoms with van der Waals surface area (Å²) in [5.74, 6) is 0. The molecule has 0 unspecified atom stereocenters. The minimum Gasteiger partial charge on any atom is -0.273 e. The smallest absolute Gasteiger partial charge is 0.102 e. The first kappa shape index (κ1) is 29.2. The van der Waals surface area contributed by atoms with Gasteiger partial charge in [-0.1, -0.05) is 13.6 Å². The van der Waals surface area contributed by atoms with Gasteiger partial charge in [-0.15, -0.1) is 43.6 Å². The molecule has 1 aliphatic rings. The number of hydrogen-bond donors (Lipinski definition) is 0. The third-order valence-electron chi connectivity index (χ3n) is 0.586. The Morgan fingerprint density at radius 2 is 1.58 bits per heavy atom. The molecule has 1 radical (unpaired) electrons. The molecule has 0 aromatic heterocycles. The fraction of sp³-hybridized carbons (Fsp3) is 0.429. The number of halogens is 3. The molecule has 0 N–H and O–H groups in total. The van der Waals surface area contributed by atoms with Gasteiger partial charge in [-0.3, -0.25) is 6.08 Å². The van der Waals surface area contributed by atoms with Crippen molar-refractivity contribution in [2.45, 2.75) is 20.1 Å². The van der Waals surface area contributed by atoms with Crippen LogP contribution in [0.4, 0.5) is 0 Å². The van der Waals surface area contributed by atoms with Gasteiger partial charge in [0, 0.05) is 21.7 Å². The maximum atomic E-state index is 2.99. The first-order valence-corrected chi connectivity index (χ1v) is 2.87. The molecule has 0 heterocycles. The van der Waals surface area contributed by atoms with Crippen LogP contribution in [-0.4, -0.2) is 7.28 Å². The van der Waals surface area contributed by atoms with Crippen LogP contribution in [0.1, 0.15) is 6.42 Å². The minimum atomic E-state index is 0. The minimum absolute atomic E-state index is 0. The van der Waals surface area contributed by atoms with Gasteiger partial charge in [0.2, 0.25) is 0 Å². The van der Waals surface area contributed by atoms with Crippen molar-refractivity contribution < 1.29 is 21.7 Å². The van der Waals surface area contributed by atoms with Gasteiger partial charge in [-0.2, -0.15) is 6.08 Å². The summed E-state index contributed by atoms with van der Waals surface area (Å²) in [6.45, 7) is 4.00. The molecule has 71 valence electrons. The van der Waals surface area contributed by atoms with Crippen LogP contribution in [0.2, 0.25) is 13.6 Å². The third kappa shape index (κ3) is 30.4. The maximum Gasteiger partial charge on any atom is 0.102 e. The van der Waals surface area contributed by atoms with Crippen LogP contribution in [-0.2, 0) is 21.7 Å². The van der Waals surface area contributed by atoms with Crippen LogP contribution in [0, 0.1) is 6.08 Å². The van der Waals surface area contributed by atoms with E-state index in [0.717, 1.165) is 6.42 Å². The van der Waals surface area contributed by atoms with E-state index in [4.69, 9.17) is 0 Å². The monoisotopic (exact) mass is 262 g/mol. The maximum absolute atomic E-state index is 2.99. The molecule has 0 nitrogen and oxygen atoms in total. The molecule has 0 amide bonds. The summed E-state index contributed by atoms with van der Waals surface area (Å²) in [4.78, 5) is 0. The first-order valence-electron chi connectivity index (χ1n) is 2.87. The van der Waals surface area contributed by atoms with Crippen molar-refractivity contribution in [2.75, 3.05) is 0 Å². The molecule has 0 saturated heterocycles. The molecular formula is C7H14BCl3Ti-. The Balaban J connectivity index is -0.0000000219. The van der Waals surface area contributed by atoms with Crippen molar-refractivity contribution in [3.05, 3.63) is 24.3 Å². The average molecular weight is 263 g/mol. The van der Waals surface area contributed by atoms with Crippen molar-refractivity contribution in [2.24, 2.45) is 0 Å². The number of rotatable bonds is 0. The first-order chi connectivity index (χ1) is 3.91. The van der Waals surface area contributed by atoms with Gasteiger partial charge >= 0.3 is 0 Å². The Bertz CT molecular complexity index is 86.7. The standard InChI is InChI=1S/C5H5.C2H6B.3ClH.Ti/c1-2-4-5-3-1;1-3-2;;;;/h1-3H,4H2;1-2H3;3*1H;/q-1;;;;;. The summed E-state index contributed by atoms with van der Waals surface area (Å²) < 4.78 is 0. The number of allylic oxidation sites excluding steroid dienone is 4. The van der Waals surface area contributed by atoms with Gasteiger partial charge in [0.25, 0.3) is 0 Å². The van der Waals surface area contributed by atoms with Gasteiger partial charge < -0.3 is 0 Å². The zero-order valence-corrected chi connectivity index (χ0v) is 11.3. The van der Waals surface area contributed by atoms with E-state index < -0.39 is 0 Å². The van der Waals surface area contributed by atoms with Crippen LogP contribution in [0.15, 0.2) is 18.2 Å². The van der Waals surface area contributed by atoms with Gasteiger partial charge in [-0.05, 0) is 0 Å². The van der Waals surface area contributed by atoms with E-state index in [-0.39, 0.29) is 58.9 Å². The van der Waals surface area contributed by atoms with Crippen LogP contribution in [0.3, 0.4) is 0 Å². The summed E-state index contributed by atoms with van der Waals surface area (Å²) >= 11 is 0. The van der Waals surface area contributed by atoms with Crippen LogP contribution in [0.5, 0.6) is 0 Å². The van der Waals surface area contributed by atoms with Gasteiger partial charge in [0.15, 0.2) is 0 Å². The van der Waals surface area contributed by atoms with Gasteiger partial charge in [0.1, 0.15) is 7.28 Å². The molecule has 0 aromatic rings. The van der Waals surface area contributed by atoms with E-state index in [0.29, 0.717) is 0 Å². The molecule has 0 atom stereocenters. The Morgan fingerprint density at radius 1 is 1.17 bits per heavy atom. The molecule has 0 saturated carbocycles. The second-order valence-electron chi connectivity index (χ2n) is 1.58. The average Bonchev–Trinajstić information content (AvgIpc) is 2.17. The van der Waals surface area contributed by atoms with Crippen molar-refractivity contribution in [3.8, 4) is 0 Å². The summed E-state index contributed by atoms with van der Waals surface area (Å²) in [7, 11) is 2.00. The van der Waals surface area contributed by atoms with Crippen LogP contribution < -0.4 is 0 Å². The molecule has 1 rings (SSSR count). The molecule has 0 bridgehead atoms.